The molecule has 0 spiro atoms. The van der Waals surface area contributed by atoms with E-state index < -0.39 is 0 Å². The lowest BCUT2D eigenvalue weighted by Crippen LogP contribution is -2.34. The number of nitrogens with one attached hydrogen (secondary N) is 1. The van der Waals surface area contributed by atoms with E-state index in [9.17, 15) is 4.79 Å². The highest BCUT2D eigenvalue weighted by molar-refractivity contribution is 5.81. The van der Waals surface area contributed by atoms with Crippen molar-refractivity contribution >= 4 is 5.91 Å². The summed E-state index contributed by atoms with van der Waals surface area (Å²) in [6.07, 6.45) is 3.11. The maximum atomic E-state index is 11.7. The second kappa shape index (κ2) is 5.35. The van der Waals surface area contributed by atoms with Crippen LogP contribution in [0.5, 0.6) is 0 Å². The smallest absolute Gasteiger partial charge is 0.223 e. The number of amides is 1. The van der Waals surface area contributed by atoms with Crippen molar-refractivity contribution in [1.29, 1.82) is 0 Å². The number of hydrogen-bond donors (Lipinski definition) is 1. The molecule has 2 heteroatoms. The molecule has 1 aromatic rings. The first-order valence-electron chi connectivity index (χ1n) is 6.51. The molecule has 0 saturated heterocycles. The lowest BCUT2D eigenvalue weighted by Gasteiger charge is -2.13. The van der Waals surface area contributed by atoms with Gasteiger partial charge < -0.3 is 5.32 Å². The highest BCUT2D eigenvalue weighted by Crippen LogP contribution is 2.37. The molecular weight excluding hydrogens is 210 g/mol. The molecule has 1 aliphatic rings. The van der Waals surface area contributed by atoms with Crippen molar-refractivity contribution in [3.05, 3.63) is 35.9 Å². The second-order valence-corrected chi connectivity index (χ2v) is 5.25. The van der Waals surface area contributed by atoms with Gasteiger partial charge in [-0.15, -0.1) is 0 Å². The Bertz CT molecular complexity index is 374. The first-order valence-corrected chi connectivity index (χ1v) is 6.51. The van der Waals surface area contributed by atoms with Crippen molar-refractivity contribution in [3.8, 4) is 0 Å². The van der Waals surface area contributed by atoms with Crippen molar-refractivity contribution in [1.82, 2.24) is 5.32 Å². The molecule has 2 nitrogen and oxygen atoms in total. The molecule has 0 aromatic heterocycles. The van der Waals surface area contributed by atoms with E-state index in [-0.39, 0.29) is 17.9 Å². The standard InChI is InChI=1S/C15H21NO/c1-11-10-14(11)15(17)16-12(2)8-9-13-6-4-3-5-7-13/h3-7,11-12,14H,8-10H2,1-2H3,(H,16,17)/t11-,12+,14-/m0/s1. The summed E-state index contributed by atoms with van der Waals surface area (Å²) >= 11 is 0. The molecule has 92 valence electrons. The summed E-state index contributed by atoms with van der Waals surface area (Å²) in [5, 5.41) is 3.10. The molecule has 0 radical (unpaired) electrons. The number of aryl methyl sites for hydroxylation is 1. The topological polar surface area (TPSA) is 29.1 Å². The predicted octanol–water partition coefficient (Wildman–Crippen LogP) is 2.78. The maximum Gasteiger partial charge on any atom is 0.223 e. The average Bonchev–Trinajstić information content (AvgIpc) is 3.05. The third-order valence-electron chi connectivity index (χ3n) is 3.54. The monoisotopic (exact) mass is 231 g/mol. The molecule has 1 aromatic carbocycles. The number of hydrogen-bond acceptors (Lipinski definition) is 1. The molecule has 3 atom stereocenters. The van der Waals surface area contributed by atoms with Crippen molar-refractivity contribution in [2.75, 3.05) is 0 Å². The van der Waals surface area contributed by atoms with Gasteiger partial charge in [0.05, 0.1) is 0 Å². The Morgan fingerprint density at radius 2 is 2.06 bits per heavy atom. The van der Waals surface area contributed by atoms with E-state index in [1.807, 2.05) is 6.07 Å². The Morgan fingerprint density at radius 1 is 1.41 bits per heavy atom. The SMILES string of the molecule is C[C@H](CCc1ccccc1)NC(=O)[C@H]1C[C@@H]1C. The molecule has 0 unspecified atom stereocenters. The largest absolute Gasteiger partial charge is 0.353 e. The van der Waals surface area contributed by atoms with Gasteiger partial charge in [-0.05, 0) is 37.7 Å². The molecule has 2 rings (SSSR count). The molecular formula is C15H21NO. The summed E-state index contributed by atoms with van der Waals surface area (Å²) in [5.74, 6) is 1.13. The molecule has 1 saturated carbocycles. The van der Waals surface area contributed by atoms with Gasteiger partial charge in [-0.3, -0.25) is 4.79 Å². The zero-order valence-electron chi connectivity index (χ0n) is 10.6. The van der Waals surface area contributed by atoms with Gasteiger partial charge >= 0.3 is 0 Å². The van der Waals surface area contributed by atoms with Crippen molar-refractivity contribution in [2.45, 2.75) is 39.2 Å². The number of carbonyl (C=O) groups excluding carboxylic acids is 1. The zero-order valence-corrected chi connectivity index (χ0v) is 10.6. The van der Waals surface area contributed by atoms with Crippen LogP contribution in [0.3, 0.4) is 0 Å². The first kappa shape index (κ1) is 12.2. The van der Waals surface area contributed by atoms with Crippen LogP contribution >= 0.6 is 0 Å². The molecule has 17 heavy (non-hydrogen) atoms. The highest BCUT2D eigenvalue weighted by atomic mass is 16.2. The summed E-state index contributed by atoms with van der Waals surface area (Å²) in [5.41, 5.74) is 1.34. The van der Waals surface area contributed by atoms with Crippen LogP contribution in [0.4, 0.5) is 0 Å². The fourth-order valence-electron chi connectivity index (χ4n) is 2.14. The zero-order chi connectivity index (χ0) is 12.3. The molecule has 0 bridgehead atoms. The Balaban J connectivity index is 1.71. The first-order chi connectivity index (χ1) is 8.16. The van der Waals surface area contributed by atoms with E-state index >= 15 is 0 Å². The van der Waals surface area contributed by atoms with E-state index in [1.54, 1.807) is 0 Å². The highest BCUT2D eigenvalue weighted by Gasteiger charge is 2.39. The van der Waals surface area contributed by atoms with Gasteiger partial charge in [0.2, 0.25) is 5.91 Å². The van der Waals surface area contributed by atoms with Crippen molar-refractivity contribution < 1.29 is 4.79 Å². The maximum absolute atomic E-state index is 11.7. The molecule has 1 amide bonds. The van der Waals surface area contributed by atoms with Gasteiger partial charge in [-0.25, -0.2) is 0 Å². The summed E-state index contributed by atoms with van der Waals surface area (Å²) in [6, 6.07) is 10.7. The van der Waals surface area contributed by atoms with Gasteiger partial charge in [-0.2, -0.15) is 0 Å². The van der Waals surface area contributed by atoms with Crippen LogP contribution in [-0.4, -0.2) is 11.9 Å². The minimum Gasteiger partial charge on any atom is -0.353 e. The van der Waals surface area contributed by atoms with Crippen molar-refractivity contribution in [2.24, 2.45) is 11.8 Å². The van der Waals surface area contributed by atoms with Crippen LogP contribution in [-0.2, 0) is 11.2 Å². The Morgan fingerprint density at radius 3 is 2.65 bits per heavy atom. The Hall–Kier alpha value is -1.31. The quantitative estimate of drug-likeness (QED) is 0.829. The van der Waals surface area contributed by atoms with E-state index in [4.69, 9.17) is 0 Å². The van der Waals surface area contributed by atoms with Crippen LogP contribution in [0, 0.1) is 11.8 Å². The second-order valence-electron chi connectivity index (χ2n) is 5.25. The molecule has 0 aliphatic heterocycles. The van der Waals surface area contributed by atoms with E-state index in [0.717, 1.165) is 19.3 Å². The number of carbonyl (C=O) groups is 1. The molecule has 1 fully saturated rings. The van der Waals surface area contributed by atoms with Crippen LogP contribution in [0.2, 0.25) is 0 Å². The van der Waals surface area contributed by atoms with Crippen LogP contribution in [0.1, 0.15) is 32.3 Å². The van der Waals surface area contributed by atoms with E-state index in [2.05, 4.69) is 43.4 Å². The van der Waals surface area contributed by atoms with Gasteiger partial charge in [-0.1, -0.05) is 37.3 Å². The fraction of sp³-hybridized carbons (Fsp3) is 0.533. The van der Waals surface area contributed by atoms with Crippen LogP contribution in [0.15, 0.2) is 30.3 Å². The minimum absolute atomic E-state index is 0.248. The lowest BCUT2D eigenvalue weighted by molar-refractivity contribution is -0.123. The van der Waals surface area contributed by atoms with Crippen LogP contribution in [0.25, 0.3) is 0 Å². The van der Waals surface area contributed by atoms with E-state index in [0.29, 0.717) is 5.92 Å². The normalized spacial score (nSPS) is 24.1. The minimum atomic E-state index is 0.248. The Labute approximate surface area is 103 Å². The summed E-state index contributed by atoms with van der Waals surface area (Å²) < 4.78 is 0. The fourth-order valence-corrected chi connectivity index (χ4v) is 2.14. The van der Waals surface area contributed by atoms with Crippen molar-refractivity contribution in [3.63, 3.8) is 0 Å². The van der Waals surface area contributed by atoms with Gasteiger partial charge in [0.1, 0.15) is 0 Å². The van der Waals surface area contributed by atoms with Gasteiger partial charge in [0.25, 0.3) is 0 Å². The Kier molecular flexibility index (Phi) is 3.82. The molecule has 1 N–H and O–H groups in total. The average molecular weight is 231 g/mol. The lowest BCUT2D eigenvalue weighted by atomic mass is 10.1. The van der Waals surface area contributed by atoms with Gasteiger partial charge in [0.15, 0.2) is 0 Å². The summed E-state index contributed by atoms with van der Waals surface area (Å²) in [6.45, 7) is 4.23. The summed E-state index contributed by atoms with van der Waals surface area (Å²) in [7, 11) is 0. The predicted molar refractivity (Wildman–Crippen MR) is 69.6 cm³/mol. The van der Waals surface area contributed by atoms with E-state index in [1.165, 1.54) is 5.56 Å². The van der Waals surface area contributed by atoms with Gasteiger partial charge in [0, 0.05) is 12.0 Å². The molecule has 1 aliphatic carbocycles. The summed E-state index contributed by atoms with van der Waals surface area (Å²) in [4.78, 5) is 11.7. The number of rotatable bonds is 5. The molecule has 0 heterocycles. The third kappa shape index (κ3) is 3.58. The number of benzene rings is 1. The third-order valence-corrected chi connectivity index (χ3v) is 3.54. The van der Waals surface area contributed by atoms with Crippen LogP contribution < -0.4 is 5.32 Å².